The van der Waals surface area contributed by atoms with Gasteiger partial charge in [-0.1, -0.05) is 27.6 Å². The molecule has 0 spiro atoms. The standard InChI is InChI=1S/C13H12BrNO3S/c1-9-3-4-13(19(16,17)18-2)11(7-9)12-8-10(14)5-6-15-12/h3-8H,1-2H3. The minimum atomic E-state index is -3.76. The Morgan fingerprint density at radius 1 is 1.21 bits per heavy atom. The van der Waals surface area contributed by atoms with Gasteiger partial charge in [0.15, 0.2) is 0 Å². The predicted octanol–water partition coefficient (Wildman–Crippen LogP) is 3.15. The number of rotatable bonds is 3. The van der Waals surface area contributed by atoms with Crippen molar-refractivity contribution in [3.63, 3.8) is 0 Å². The van der Waals surface area contributed by atoms with Gasteiger partial charge in [0.25, 0.3) is 10.1 Å². The molecule has 1 aromatic carbocycles. The molecule has 0 fully saturated rings. The Hall–Kier alpha value is -1.24. The van der Waals surface area contributed by atoms with E-state index in [9.17, 15) is 8.42 Å². The Bertz CT molecular complexity index is 714. The molecule has 1 aromatic heterocycles. The molecule has 2 aromatic rings. The topological polar surface area (TPSA) is 56.3 Å². The number of nitrogens with zero attached hydrogens (tertiary/aromatic N) is 1. The minimum Gasteiger partial charge on any atom is -0.270 e. The lowest BCUT2D eigenvalue weighted by atomic mass is 10.1. The van der Waals surface area contributed by atoms with E-state index in [1.807, 2.05) is 6.92 Å². The molecule has 6 heteroatoms. The van der Waals surface area contributed by atoms with E-state index in [1.165, 1.54) is 6.07 Å². The SMILES string of the molecule is COS(=O)(=O)c1ccc(C)cc1-c1cc(Br)ccn1. The molecule has 2 rings (SSSR count). The molecule has 0 atom stereocenters. The van der Waals surface area contributed by atoms with E-state index in [0.29, 0.717) is 11.3 Å². The van der Waals surface area contributed by atoms with Gasteiger partial charge in [-0.2, -0.15) is 8.42 Å². The van der Waals surface area contributed by atoms with Crippen molar-refractivity contribution in [2.45, 2.75) is 11.8 Å². The van der Waals surface area contributed by atoms with Crippen LogP contribution < -0.4 is 0 Å². The van der Waals surface area contributed by atoms with E-state index in [-0.39, 0.29) is 4.90 Å². The maximum atomic E-state index is 11.9. The molecule has 0 radical (unpaired) electrons. The molecular formula is C13H12BrNO3S. The van der Waals surface area contributed by atoms with Crippen LogP contribution in [0.15, 0.2) is 45.9 Å². The van der Waals surface area contributed by atoms with Crippen LogP contribution in [0.25, 0.3) is 11.3 Å². The average Bonchev–Trinajstić information content (AvgIpc) is 2.38. The van der Waals surface area contributed by atoms with E-state index in [2.05, 4.69) is 25.1 Å². The fourth-order valence-corrected chi connectivity index (χ4v) is 2.89. The van der Waals surface area contributed by atoms with Gasteiger partial charge in [-0.15, -0.1) is 0 Å². The van der Waals surface area contributed by atoms with E-state index in [1.54, 1.807) is 30.5 Å². The second-order valence-corrected chi connectivity index (χ2v) is 6.58. The Morgan fingerprint density at radius 3 is 2.58 bits per heavy atom. The first kappa shape index (κ1) is 14.2. The molecule has 19 heavy (non-hydrogen) atoms. The average molecular weight is 342 g/mol. The fraction of sp³-hybridized carbons (Fsp3) is 0.154. The normalized spacial score (nSPS) is 11.5. The summed E-state index contributed by atoms with van der Waals surface area (Å²) < 4.78 is 29.3. The number of aromatic nitrogens is 1. The van der Waals surface area contributed by atoms with E-state index >= 15 is 0 Å². The van der Waals surface area contributed by atoms with E-state index in [0.717, 1.165) is 17.1 Å². The van der Waals surface area contributed by atoms with Crippen LogP contribution in [0.4, 0.5) is 0 Å². The summed E-state index contributed by atoms with van der Waals surface area (Å²) in [5.41, 5.74) is 2.06. The Labute approximate surface area is 120 Å². The van der Waals surface area contributed by atoms with Crippen molar-refractivity contribution >= 4 is 26.0 Å². The summed E-state index contributed by atoms with van der Waals surface area (Å²) in [5.74, 6) is 0. The molecular weight excluding hydrogens is 330 g/mol. The molecule has 100 valence electrons. The number of halogens is 1. The Balaban J connectivity index is 2.72. The third kappa shape index (κ3) is 3.02. The van der Waals surface area contributed by atoms with Crippen molar-refractivity contribution in [3.05, 3.63) is 46.6 Å². The van der Waals surface area contributed by atoms with Crippen LogP contribution in [0, 0.1) is 6.92 Å². The van der Waals surface area contributed by atoms with Crippen LogP contribution in [0.2, 0.25) is 0 Å². The molecule has 0 saturated carbocycles. The summed E-state index contributed by atoms with van der Waals surface area (Å²) in [6.45, 7) is 1.89. The van der Waals surface area contributed by atoms with Crippen molar-refractivity contribution in [3.8, 4) is 11.3 Å². The molecule has 1 heterocycles. The highest BCUT2D eigenvalue weighted by atomic mass is 79.9. The van der Waals surface area contributed by atoms with Gasteiger partial charge in [-0.05, 0) is 31.2 Å². The maximum absolute atomic E-state index is 11.9. The number of benzene rings is 1. The van der Waals surface area contributed by atoms with Gasteiger partial charge in [0.1, 0.15) is 4.90 Å². The smallest absolute Gasteiger partial charge is 0.270 e. The number of hydrogen-bond donors (Lipinski definition) is 0. The minimum absolute atomic E-state index is 0.117. The van der Waals surface area contributed by atoms with Gasteiger partial charge < -0.3 is 0 Å². The summed E-state index contributed by atoms with van der Waals surface area (Å²) in [4.78, 5) is 4.33. The molecule has 0 saturated heterocycles. The molecule has 0 aliphatic rings. The molecule has 0 N–H and O–H groups in total. The van der Waals surface area contributed by atoms with Crippen LogP contribution in [0.3, 0.4) is 0 Å². The lowest BCUT2D eigenvalue weighted by Gasteiger charge is -2.10. The molecule has 0 aliphatic carbocycles. The van der Waals surface area contributed by atoms with E-state index < -0.39 is 10.1 Å². The van der Waals surface area contributed by atoms with Crippen LogP contribution in [-0.4, -0.2) is 20.5 Å². The number of aryl methyl sites for hydroxylation is 1. The highest BCUT2D eigenvalue weighted by Crippen LogP contribution is 2.29. The third-order valence-electron chi connectivity index (χ3n) is 2.62. The quantitative estimate of drug-likeness (QED) is 0.804. The summed E-state index contributed by atoms with van der Waals surface area (Å²) in [6.07, 6.45) is 1.62. The van der Waals surface area contributed by atoms with E-state index in [4.69, 9.17) is 0 Å². The second-order valence-electron chi connectivity index (χ2n) is 3.98. The predicted molar refractivity (Wildman–Crippen MR) is 76.3 cm³/mol. The zero-order chi connectivity index (χ0) is 14.0. The zero-order valence-electron chi connectivity index (χ0n) is 10.4. The van der Waals surface area contributed by atoms with Gasteiger partial charge in [0.2, 0.25) is 0 Å². The van der Waals surface area contributed by atoms with Crippen molar-refractivity contribution in [1.82, 2.24) is 4.98 Å². The van der Waals surface area contributed by atoms with Gasteiger partial charge in [0.05, 0.1) is 12.8 Å². The Morgan fingerprint density at radius 2 is 1.95 bits per heavy atom. The van der Waals surface area contributed by atoms with Gasteiger partial charge in [0, 0.05) is 16.2 Å². The summed E-state index contributed by atoms with van der Waals surface area (Å²) in [5, 5.41) is 0. The molecule has 0 aliphatic heterocycles. The Kier molecular flexibility index (Phi) is 4.03. The van der Waals surface area contributed by atoms with Gasteiger partial charge >= 0.3 is 0 Å². The van der Waals surface area contributed by atoms with Crippen LogP contribution in [0.5, 0.6) is 0 Å². The first-order valence-corrected chi connectivity index (χ1v) is 7.67. The lowest BCUT2D eigenvalue weighted by molar-refractivity contribution is 0.398. The maximum Gasteiger partial charge on any atom is 0.297 e. The fourth-order valence-electron chi connectivity index (χ4n) is 1.70. The van der Waals surface area contributed by atoms with Crippen molar-refractivity contribution < 1.29 is 12.6 Å². The van der Waals surface area contributed by atoms with Crippen LogP contribution in [0.1, 0.15) is 5.56 Å². The largest absolute Gasteiger partial charge is 0.297 e. The van der Waals surface area contributed by atoms with Crippen molar-refractivity contribution in [1.29, 1.82) is 0 Å². The van der Waals surface area contributed by atoms with Crippen molar-refractivity contribution in [2.24, 2.45) is 0 Å². The molecule has 0 amide bonds. The number of pyridine rings is 1. The van der Waals surface area contributed by atoms with Gasteiger partial charge in [-0.25, -0.2) is 0 Å². The number of hydrogen-bond acceptors (Lipinski definition) is 4. The molecule has 0 unspecified atom stereocenters. The third-order valence-corrected chi connectivity index (χ3v) is 4.45. The first-order valence-electron chi connectivity index (χ1n) is 5.47. The zero-order valence-corrected chi connectivity index (χ0v) is 12.8. The summed E-state index contributed by atoms with van der Waals surface area (Å²) >= 11 is 3.35. The highest BCUT2D eigenvalue weighted by molar-refractivity contribution is 9.10. The molecule has 4 nitrogen and oxygen atoms in total. The second kappa shape index (κ2) is 5.40. The van der Waals surface area contributed by atoms with Gasteiger partial charge in [-0.3, -0.25) is 9.17 Å². The first-order chi connectivity index (χ1) is 8.94. The van der Waals surface area contributed by atoms with Crippen molar-refractivity contribution in [2.75, 3.05) is 7.11 Å². The highest BCUT2D eigenvalue weighted by Gasteiger charge is 2.19. The van der Waals surface area contributed by atoms with Crippen LogP contribution in [-0.2, 0) is 14.3 Å². The van der Waals surface area contributed by atoms with Crippen LogP contribution >= 0.6 is 15.9 Å². The molecule has 0 bridgehead atoms. The summed E-state index contributed by atoms with van der Waals surface area (Å²) in [6, 6.07) is 8.59. The summed E-state index contributed by atoms with van der Waals surface area (Å²) in [7, 11) is -2.62. The monoisotopic (exact) mass is 341 g/mol. The lowest BCUT2D eigenvalue weighted by Crippen LogP contribution is -2.05.